The van der Waals surface area contributed by atoms with E-state index in [1.807, 2.05) is 0 Å². The molecule has 1 nitrogen and oxygen atoms in total. The van der Waals surface area contributed by atoms with Crippen LogP contribution in [0.5, 0.6) is 0 Å². The van der Waals surface area contributed by atoms with Gasteiger partial charge >= 0.3 is 0 Å². The molecule has 3 aliphatic carbocycles. The van der Waals surface area contributed by atoms with Gasteiger partial charge in [-0.25, -0.2) is 0 Å². The fraction of sp³-hybridized carbons (Fsp3) is 1.00. The summed E-state index contributed by atoms with van der Waals surface area (Å²) in [6.07, 6.45) is 2.73. The molecule has 0 radical (unpaired) electrons. The smallest absolute Gasteiger partial charge is 0.101 e. The van der Waals surface area contributed by atoms with E-state index in [9.17, 15) is 0 Å². The summed E-state index contributed by atoms with van der Waals surface area (Å²) in [5.41, 5.74) is 0.544. The Kier molecular flexibility index (Phi) is 1.26. The van der Waals surface area contributed by atoms with Crippen LogP contribution in [0.2, 0.25) is 0 Å². The molecule has 13 heavy (non-hydrogen) atoms. The largest absolute Gasteiger partial charge is 0.362 e. The first kappa shape index (κ1) is 8.28. The summed E-state index contributed by atoms with van der Waals surface area (Å²) < 4.78 is 6.14. The Bertz CT molecular complexity index is 262. The normalized spacial score (nSPS) is 69.2. The molecule has 0 aromatic rings. The van der Waals surface area contributed by atoms with Crippen LogP contribution in [0, 0.1) is 23.7 Å². The van der Waals surface area contributed by atoms with Crippen LogP contribution >= 0.6 is 0 Å². The zero-order chi connectivity index (χ0) is 9.43. The molecule has 6 atom stereocenters. The van der Waals surface area contributed by atoms with E-state index >= 15 is 0 Å². The maximum absolute atomic E-state index is 6.14. The van der Waals surface area contributed by atoms with E-state index in [2.05, 4.69) is 27.7 Å². The summed E-state index contributed by atoms with van der Waals surface area (Å²) in [5, 5.41) is 0. The first-order chi connectivity index (χ1) is 6.03. The lowest BCUT2D eigenvalue weighted by Gasteiger charge is -2.49. The number of hydrogen-bond donors (Lipinski definition) is 0. The zero-order valence-electron chi connectivity index (χ0n) is 9.13. The second-order valence-corrected chi connectivity index (χ2v) is 5.74. The van der Waals surface area contributed by atoms with Gasteiger partial charge in [0.2, 0.25) is 0 Å². The van der Waals surface area contributed by atoms with Crippen LogP contribution in [0.1, 0.15) is 40.5 Å². The molecule has 3 saturated carbocycles. The Balaban J connectivity index is 2.06. The average molecular weight is 180 g/mol. The molecule has 1 spiro atoms. The van der Waals surface area contributed by atoms with Crippen molar-refractivity contribution in [2.75, 3.05) is 0 Å². The van der Waals surface area contributed by atoms with Gasteiger partial charge in [-0.05, 0) is 43.4 Å². The fourth-order valence-electron chi connectivity index (χ4n) is 4.46. The molecule has 6 unspecified atom stereocenters. The Labute approximate surface area is 80.8 Å². The Morgan fingerprint density at radius 2 is 1.85 bits per heavy atom. The molecule has 1 heteroatoms. The third-order valence-corrected chi connectivity index (χ3v) is 5.75. The summed E-state index contributed by atoms with van der Waals surface area (Å²) in [6.45, 7) is 9.56. The van der Waals surface area contributed by atoms with Crippen LogP contribution < -0.4 is 0 Å². The number of epoxide rings is 1. The van der Waals surface area contributed by atoms with Crippen molar-refractivity contribution in [3.63, 3.8) is 0 Å². The molecule has 1 heterocycles. The van der Waals surface area contributed by atoms with E-state index in [-0.39, 0.29) is 5.60 Å². The van der Waals surface area contributed by atoms with Gasteiger partial charge < -0.3 is 4.74 Å². The highest BCUT2D eigenvalue weighted by Crippen LogP contribution is 2.71. The SMILES string of the molecule is CC1C2CCC3(OC3(C)C2C)C1C. The Morgan fingerprint density at radius 1 is 1.15 bits per heavy atom. The molecular weight excluding hydrogens is 160 g/mol. The predicted octanol–water partition coefficient (Wildman–Crippen LogP) is 2.85. The van der Waals surface area contributed by atoms with Gasteiger partial charge in [-0.2, -0.15) is 0 Å². The Morgan fingerprint density at radius 3 is 2.54 bits per heavy atom. The van der Waals surface area contributed by atoms with Crippen molar-refractivity contribution in [1.29, 1.82) is 0 Å². The third kappa shape index (κ3) is 0.643. The monoisotopic (exact) mass is 180 g/mol. The molecule has 0 aromatic carbocycles. The summed E-state index contributed by atoms with van der Waals surface area (Å²) >= 11 is 0. The number of fused-ring (bicyclic) bond motifs is 2. The molecule has 0 N–H and O–H groups in total. The van der Waals surface area contributed by atoms with Crippen LogP contribution in [-0.4, -0.2) is 11.2 Å². The molecule has 2 bridgehead atoms. The van der Waals surface area contributed by atoms with Gasteiger partial charge in [0.25, 0.3) is 0 Å². The molecule has 4 fully saturated rings. The predicted molar refractivity (Wildman–Crippen MR) is 52.4 cm³/mol. The standard InChI is InChI=1S/C12H20O/c1-7-8(2)12-6-5-10(7)9(3)11(12,4)13-12/h7-10H,5-6H2,1-4H3. The van der Waals surface area contributed by atoms with Gasteiger partial charge in [0.15, 0.2) is 0 Å². The van der Waals surface area contributed by atoms with Crippen LogP contribution in [0.4, 0.5) is 0 Å². The highest BCUT2D eigenvalue weighted by Gasteiger charge is 2.78. The lowest BCUT2D eigenvalue weighted by Crippen LogP contribution is -2.53. The minimum absolute atomic E-state index is 0.252. The molecule has 4 rings (SSSR count). The topological polar surface area (TPSA) is 12.5 Å². The second-order valence-electron chi connectivity index (χ2n) is 5.74. The van der Waals surface area contributed by atoms with Crippen molar-refractivity contribution in [1.82, 2.24) is 0 Å². The molecular formula is C12H20O. The lowest BCUT2D eigenvalue weighted by atomic mass is 9.52. The maximum Gasteiger partial charge on any atom is 0.101 e. The van der Waals surface area contributed by atoms with Gasteiger partial charge in [-0.1, -0.05) is 20.8 Å². The van der Waals surface area contributed by atoms with Crippen molar-refractivity contribution in [3.8, 4) is 0 Å². The summed E-state index contributed by atoms with van der Waals surface area (Å²) in [4.78, 5) is 0. The van der Waals surface area contributed by atoms with E-state index < -0.39 is 0 Å². The minimum Gasteiger partial charge on any atom is -0.362 e. The van der Waals surface area contributed by atoms with Crippen LogP contribution in [0.25, 0.3) is 0 Å². The third-order valence-electron chi connectivity index (χ3n) is 5.75. The summed E-state index contributed by atoms with van der Waals surface area (Å²) in [7, 11) is 0. The van der Waals surface area contributed by atoms with Gasteiger partial charge in [-0.15, -0.1) is 0 Å². The molecule has 1 aliphatic heterocycles. The number of hydrogen-bond acceptors (Lipinski definition) is 1. The van der Waals surface area contributed by atoms with E-state index in [1.54, 1.807) is 0 Å². The average Bonchev–Trinajstić information content (AvgIpc) is 2.72. The van der Waals surface area contributed by atoms with E-state index in [0.717, 1.165) is 23.7 Å². The summed E-state index contributed by atoms with van der Waals surface area (Å²) in [6, 6.07) is 0. The molecule has 74 valence electrons. The van der Waals surface area contributed by atoms with E-state index in [1.165, 1.54) is 12.8 Å². The first-order valence-corrected chi connectivity index (χ1v) is 5.73. The molecule has 0 aromatic heterocycles. The van der Waals surface area contributed by atoms with E-state index in [0.29, 0.717) is 5.60 Å². The van der Waals surface area contributed by atoms with Crippen LogP contribution in [0.15, 0.2) is 0 Å². The number of rotatable bonds is 0. The van der Waals surface area contributed by atoms with Crippen molar-refractivity contribution >= 4 is 0 Å². The molecule has 0 amide bonds. The maximum atomic E-state index is 6.14. The molecule has 1 saturated heterocycles. The van der Waals surface area contributed by atoms with Crippen molar-refractivity contribution in [2.24, 2.45) is 23.7 Å². The van der Waals surface area contributed by atoms with Gasteiger partial charge in [-0.3, -0.25) is 0 Å². The highest BCUT2D eigenvalue weighted by atomic mass is 16.6. The van der Waals surface area contributed by atoms with Gasteiger partial charge in [0.1, 0.15) is 5.60 Å². The fourth-order valence-corrected chi connectivity index (χ4v) is 4.46. The molecule has 4 aliphatic rings. The highest BCUT2D eigenvalue weighted by molar-refractivity contribution is 5.25. The van der Waals surface area contributed by atoms with Gasteiger partial charge in [0, 0.05) is 0 Å². The van der Waals surface area contributed by atoms with Crippen LogP contribution in [-0.2, 0) is 4.74 Å². The van der Waals surface area contributed by atoms with Crippen molar-refractivity contribution < 1.29 is 4.74 Å². The number of ether oxygens (including phenoxy) is 1. The second kappa shape index (κ2) is 1.98. The Hall–Kier alpha value is -0.0400. The summed E-state index contributed by atoms with van der Waals surface area (Å²) in [5.74, 6) is 3.36. The van der Waals surface area contributed by atoms with Crippen molar-refractivity contribution in [2.45, 2.75) is 51.7 Å². The van der Waals surface area contributed by atoms with Crippen molar-refractivity contribution in [3.05, 3.63) is 0 Å². The minimum atomic E-state index is 0.252. The quantitative estimate of drug-likeness (QED) is 0.522. The van der Waals surface area contributed by atoms with Gasteiger partial charge in [0.05, 0.1) is 5.60 Å². The lowest BCUT2D eigenvalue weighted by molar-refractivity contribution is 0.0205. The van der Waals surface area contributed by atoms with E-state index in [4.69, 9.17) is 4.74 Å². The van der Waals surface area contributed by atoms with Crippen LogP contribution in [0.3, 0.4) is 0 Å². The first-order valence-electron chi connectivity index (χ1n) is 5.73. The zero-order valence-corrected chi connectivity index (χ0v) is 9.13.